The number of aromatic carboxylic acids is 1. The predicted octanol–water partition coefficient (Wildman–Crippen LogP) is 6.55. The Labute approximate surface area is 235 Å². The fraction of sp³-hybridized carbons (Fsp3) is 0.125. The van der Waals surface area contributed by atoms with E-state index in [0.717, 1.165) is 10.5 Å². The predicted molar refractivity (Wildman–Crippen MR) is 152 cm³/mol. The Hall–Kier alpha value is -5.49. The summed E-state index contributed by atoms with van der Waals surface area (Å²) >= 11 is 0. The number of hydrogen-bond acceptors (Lipinski definition) is 5. The lowest BCUT2D eigenvalue weighted by Crippen LogP contribution is -2.43. The molecule has 1 heterocycles. The van der Waals surface area contributed by atoms with Gasteiger partial charge in [0.15, 0.2) is 0 Å². The van der Waals surface area contributed by atoms with E-state index in [2.05, 4.69) is 11.4 Å². The van der Waals surface area contributed by atoms with Crippen LogP contribution in [0.5, 0.6) is 0 Å². The molecule has 9 heteroatoms. The second-order valence-corrected chi connectivity index (χ2v) is 10.1. The summed E-state index contributed by atoms with van der Waals surface area (Å²) in [4.78, 5) is 41.1. The highest BCUT2D eigenvalue weighted by Crippen LogP contribution is 2.37. The first-order valence-electron chi connectivity index (χ1n) is 12.7. The highest BCUT2D eigenvalue weighted by molar-refractivity contribution is 6.23. The molecule has 0 aromatic heterocycles. The van der Waals surface area contributed by atoms with Crippen molar-refractivity contribution in [2.24, 2.45) is 0 Å². The van der Waals surface area contributed by atoms with Crippen LogP contribution in [0.4, 0.5) is 26.2 Å². The molecule has 1 aliphatic heterocycles. The van der Waals surface area contributed by atoms with E-state index in [-0.39, 0.29) is 12.1 Å². The molecule has 1 aliphatic rings. The topological polar surface area (TPSA) is 114 Å². The van der Waals surface area contributed by atoms with Gasteiger partial charge in [-0.05, 0) is 79.6 Å². The number of amides is 3. The molecule has 41 heavy (non-hydrogen) atoms. The Bertz CT molecular complexity index is 1710. The maximum atomic E-state index is 14.3. The largest absolute Gasteiger partial charge is 0.478 e. The Morgan fingerprint density at radius 1 is 0.976 bits per heavy atom. The maximum Gasteiger partial charge on any atom is 0.335 e. The van der Waals surface area contributed by atoms with E-state index in [9.17, 15) is 24.0 Å². The van der Waals surface area contributed by atoms with Crippen LogP contribution in [0, 0.1) is 17.1 Å². The van der Waals surface area contributed by atoms with Crippen molar-refractivity contribution in [3.05, 3.63) is 114 Å². The van der Waals surface area contributed by atoms with Gasteiger partial charge in [-0.25, -0.2) is 18.9 Å². The Morgan fingerprint density at radius 2 is 1.68 bits per heavy atom. The van der Waals surface area contributed by atoms with E-state index < -0.39 is 29.3 Å². The molecule has 8 nitrogen and oxygen atoms in total. The van der Waals surface area contributed by atoms with Crippen molar-refractivity contribution in [2.75, 3.05) is 10.2 Å². The number of rotatable bonds is 7. The average Bonchev–Trinajstić information content (AvgIpc) is 3.13. The fourth-order valence-electron chi connectivity index (χ4n) is 4.78. The lowest BCUT2D eigenvalue weighted by Gasteiger charge is -2.28. The average molecular weight is 549 g/mol. The Balaban J connectivity index is 1.47. The van der Waals surface area contributed by atoms with Gasteiger partial charge in [-0.3, -0.25) is 4.79 Å². The minimum absolute atomic E-state index is 0.00822. The number of carboxylic acid groups (broad SMARTS) is 1. The third kappa shape index (κ3) is 5.11. The van der Waals surface area contributed by atoms with Gasteiger partial charge < -0.3 is 15.3 Å². The Kier molecular flexibility index (Phi) is 6.99. The quantitative estimate of drug-likeness (QED) is 0.253. The van der Waals surface area contributed by atoms with E-state index in [1.54, 1.807) is 44.2 Å². The summed E-state index contributed by atoms with van der Waals surface area (Å²) in [5.41, 5.74) is 2.45. The molecule has 0 bridgehead atoms. The number of halogens is 1. The molecule has 1 fully saturated rings. The molecule has 0 spiro atoms. The third-order valence-corrected chi connectivity index (χ3v) is 7.10. The number of hydrogen-bond donors (Lipinski definition) is 2. The van der Waals surface area contributed by atoms with E-state index in [1.807, 2.05) is 30.3 Å². The molecular weight excluding hydrogens is 523 g/mol. The molecule has 4 aromatic carbocycles. The fourth-order valence-corrected chi connectivity index (χ4v) is 4.78. The third-order valence-electron chi connectivity index (χ3n) is 7.10. The van der Waals surface area contributed by atoms with Gasteiger partial charge in [0.05, 0.1) is 29.4 Å². The van der Waals surface area contributed by atoms with Gasteiger partial charge in [-0.1, -0.05) is 36.4 Å². The molecule has 0 saturated carbocycles. The van der Waals surface area contributed by atoms with Crippen molar-refractivity contribution >= 4 is 35.0 Å². The van der Waals surface area contributed by atoms with Crippen LogP contribution in [0.25, 0.3) is 11.1 Å². The van der Waals surface area contributed by atoms with Crippen molar-refractivity contribution in [3.63, 3.8) is 0 Å². The number of carboxylic acids is 1. The SMILES string of the molecule is CC1(C)C(=O)N(c2ccc(C#N)c(-c3ccccc3)c2)C(=O)N1Cc1ccc(F)cc1Nc1ccc(C(=O)O)cc1. The van der Waals surface area contributed by atoms with E-state index in [0.29, 0.717) is 33.8 Å². The molecule has 0 atom stereocenters. The highest BCUT2D eigenvalue weighted by Gasteiger charge is 2.52. The first-order valence-corrected chi connectivity index (χ1v) is 12.7. The first kappa shape index (κ1) is 27.1. The standard InChI is InChI=1S/C32H25FN4O4/c1-32(2)30(40)37(26-15-11-22(18-34)27(17-26)20-6-4-3-5-7-20)31(41)36(32)19-23-8-12-24(33)16-28(23)35-25-13-9-21(10-14-25)29(38)39/h3-17,35H,19H2,1-2H3,(H,38,39). The minimum Gasteiger partial charge on any atom is -0.478 e. The van der Waals surface area contributed by atoms with Crippen molar-refractivity contribution in [2.45, 2.75) is 25.9 Å². The van der Waals surface area contributed by atoms with Crippen molar-refractivity contribution in [1.29, 1.82) is 5.26 Å². The monoisotopic (exact) mass is 548 g/mol. The molecule has 2 N–H and O–H groups in total. The van der Waals surface area contributed by atoms with Gasteiger partial charge in [-0.2, -0.15) is 5.26 Å². The Morgan fingerprint density at radius 3 is 2.34 bits per heavy atom. The lowest BCUT2D eigenvalue weighted by atomic mass is 9.99. The van der Waals surface area contributed by atoms with Gasteiger partial charge in [0, 0.05) is 16.9 Å². The second-order valence-electron chi connectivity index (χ2n) is 10.1. The second kappa shape index (κ2) is 10.6. The van der Waals surface area contributed by atoms with E-state index >= 15 is 0 Å². The smallest absolute Gasteiger partial charge is 0.335 e. The summed E-state index contributed by atoms with van der Waals surface area (Å²) in [6.07, 6.45) is 0. The van der Waals surface area contributed by atoms with Crippen molar-refractivity contribution in [1.82, 2.24) is 4.90 Å². The van der Waals surface area contributed by atoms with Crippen LogP contribution in [-0.4, -0.2) is 33.5 Å². The number of nitriles is 1. The van der Waals surface area contributed by atoms with E-state index in [4.69, 9.17) is 5.11 Å². The minimum atomic E-state index is -1.23. The van der Waals surface area contributed by atoms with Crippen molar-refractivity contribution < 1.29 is 23.9 Å². The normalized spacial score (nSPS) is 14.2. The van der Waals surface area contributed by atoms with Crippen LogP contribution in [0.2, 0.25) is 0 Å². The number of urea groups is 1. The van der Waals surface area contributed by atoms with Crippen LogP contribution in [-0.2, 0) is 11.3 Å². The zero-order valence-corrected chi connectivity index (χ0v) is 22.3. The van der Waals surface area contributed by atoms with Gasteiger partial charge in [0.25, 0.3) is 5.91 Å². The van der Waals surface area contributed by atoms with Crippen LogP contribution >= 0.6 is 0 Å². The molecule has 0 aliphatic carbocycles. The molecule has 0 unspecified atom stereocenters. The highest BCUT2D eigenvalue weighted by atomic mass is 19.1. The molecular formula is C32H25FN4O4. The molecule has 0 radical (unpaired) electrons. The zero-order chi connectivity index (χ0) is 29.3. The molecule has 1 saturated heterocycles. The van der Waals surface area contributed by atoms with Gasteiger partial charge in [-0.15, -0.1) is 0 Å². The van der Waals surface area contributed by atoms with Crippen LogP contribution in [0.15, 0.2) is 91.0 Å². The summed E-state index contributed by atoms with van der Waals surface area (Å²) in [7, 11) is 0. The summed E-state index contributed by atoms with van der Waals surface area (Å²) in [5.74, 6) is -2.01. The molecule has 4 aromatic rings. The maximum absolute atomic E-state index is 14.3. The van der Waals surface area contributed by atoms with E-state index in [1.165, 1.54) is 35.2 Å². The molecule has 3 amide bonds. The number of benzene rings is 4. The van der Waals surface area contributed by atoms with Gasteiger partial charge >= 0.3 is 12.0 Å². The number of anilines is 3. The lowest BCUT2D eigenvalue weighted by molar-refractivity contribution is -0.123. The van der Waals surface area contributed by atoms with Crippen LogP contribution in [0.3, 0.4) is 0 Å². The number of carbonyl (C=O) groups excluding carboxylic acids is 2. The number of nitrogens with one attached hydrogen (secondary N) is 1. The summed E-state index contributed by atoms with van der Waals surface area (Å²) in [5, 5.41) is 21.9. The summed E-state index contributed by atoms with van der Waals surface area (Å²) < 4.78 is 14.3. The molecule has 5 rings (SSSR count). The van der Waals surface area contributed by atoms with Gasteiger partial charge in [0.1, 0.15) is 11.4 Å². The molecule has 204 valence electrons. The summed E-state index contributed by atoms with van der Waals surface area (Å²) in [6, 6.07) is 25.7. The summed E-state index contributed by atoms with van der Waals surface area (Å²) in [6.45, 7) is 3.29. The van der Waals surface area contributed by atoms with Crippen LogP contribution < -0.4 is 10.2 Å². The van der Waals surface area contributed by atoms with Crippen LogP contribution in [0.1, 0.15) is 35.3 Å². The number of nitrogens with zero attached hydrogens (tertiary/aromatic N) is 3. The zero-order valence-electron chi connectivity index (χ0n) is 22.3. The number of carbonyl (C=O) groups is 3. The number of imide groups is 1. The van der Waals surface area contributed by atoms with Gasteiger partial charge in [0.2, 0.25) is 0 Å². The van der Waals surface area contributed by atoms with Crippen molar-refractivity contribution in [3.8, 4) is 17.2 Å². The first-order chi connectivity index (χ1) is 19.6.